The second-order valence-electron chi connectivity index (χ2n) is 6.63. The lowest BCUT2D eigenvalue weighted by Crippen LogP contribution is -2.54. The average molecular weight is 423 g/mol. The molecule has 2 aromatic rings. The van der Waals surface area contributed by atoms with E-state index in [0.29, 0.717) is 17.0 Å². The normalized spacial score (nSPS) is 16.4. The first-order valence-electron chi connectivity index (χ1n) is 9.28. The molecule has 1 heterocycles. The van der Waals surface area contributed by atoms with Gasteiger partial charge in [-0.25, -0.2) is 0 Å². The van der Waals surface area contributed by atoms with Crippen LogP contribution in [0.2, 0.25) is 0 Å². The van der Waals surface area contributed by atoms with Crippen molar-refractivity contribution in [3.05, 3.63) is 65.2 Å². The number of thiocarbonyl (C=S) groups is 1. The first-order valence-corrected chi connectivity index (χ1v) is 9.69. The smallest absolute Gasteiger partial charge is 0.270 e. The van der Waals surface area contributed by atoms with E-state index in [9.17, 15) is 19.5 Å². The number of hydrogen-bond donors (Lipinski definition) is 1. The highest BCUT2D eigenvalue weighted by molar-refractivity contribution is 7.80. The summed E-state index contributed by atoms with van der Waals surface area (Å²) in [5.41, 5.74) is 2.17. The van der Waals surface area contributed by atoms with Crippen molar-refractivity contribution in [3.63, 3.8) is 0 Å². The lowest BCUT2D eigenvalue weighted by molar-refractivity contribution is -0.312. The molecule has 0 unspecified atom stereocenters. The fourth-order valence-corrected chi connectivity index (χ4v) is 3.12. The summed E-state index contributed by atoms with van der Waals surface area (Å²) in [6.07, 6.45) is 1.20. The van der Waals surface area contributed by atoms with E-state index in [0.717, 1.165) is 12.0 Å². The fourth-order valence-electron chi connectivity index (χ4n) is 2.83. The Bertz CT molecular complexity index is 1030. The maximum atomic E-state index is 13.0. The van der Waals surface area contributed by atoms with E-state index in [1.165, 1.54) is 17.9 Å². The first kappa shape index (κ1) is 21.2. The number of aliphatic carboxylic acids is 1. The van der Waals surface area contributed by atoms with Crippen molar-refractivity contribution < 1.29 is 24.2 Å². The van der Waals surface area contributed by atoms with E-state index >= 15 is 0 Å². The second kappa shape index (κ2) is 8.87. The summed E-state index contributed by atoms with van der Waals surface area (Å²) in [5.74, 6) is -2.11. The summed E-state index contributed by atoms with van der Waals surface area (Å²) in [4.78, 5) is 37.4. The van der Waals surface area contributed by atoms with Crippen LogP contribution in [0.25, 0.3) is 6.08 Å². The predicted octanol–water partition coefficient (Wildman–Crippen LogP) is 1.60. The van der Waals surface area contributed by atoms with Crippen LogP contribution in [0, 0.1) is 0 Å². The lowest BCUT2D eigenvalue weighted by atomic mass is 10.1. The van der Waals surface area contributed by atoms with Crippen molar-refractivity contribution in [2.45, 2.75) is 26.4 Å². The summed E-state index contributed by atoms with van der Waals surface area (Å²) in [6.45, 7) is 3.39. The molecular weight excluding hydrogens is 404 g/mol. The molecule has 154 valence electrons. The molecule has 1 N–H and O–H groups in total. The number of rotatable bonds is 6. The maximum absolute atomic E-state index is 13.0. The Labute approximate surface area is 179 Å². The first-order chi connectivity index (χ1) is 14.3. The van der Waals surface area contributed by atoms with Crippen LogP contribution in [0.15, 0.2) is 54.1 Å². The van der Waals surface area contributed by atoms with Crippen molar-refractivity contribution in [2.24, 2.45) is 0 Å². The number of nitrogens with one attached hydrogen (secondary N) is 1. The minimum atomic E-state index is -1.33. The van der Waals surface area contributed by atoms with E-state index in [-0.39, 0.29) is 10.7 Å². The van der Waals surface area contributed by atoms with Crippen LogP contribution < -0.4 is 20.1 Å². The van der Waals surface area contributed by atoms with E-state index in [1.807, 2.05) is 19.1 Å². The summed E-state index contributed by atoms with van der Waals surface area (Å²) in [7, 11) is 0. The van der Waals surface area contributed by atoms with Crippen LogP contribution in [0.1, 0.15) is 25.0 Å². The molecule has 0 aliphatic carbocycles. The SMILES string of the molecule is CCc1ccc(N2C(=O)/C(=C/c3ccc(O[C@H](C)C(=O)[O-])cc3)C(=O)NC2=S)cc1. The molecule has 1 saturated heterocycles. The molecule has 0 bridgehead atoms. The third-order valence-corrected chi connectivity index (χ3v) is 4.82. The zero-order chi connectivity index (χ0) is 21.8. The number of benzene rings is 2. The summed E-state index contributed by atoms with van der Waals surface area (Å²) >= 11 is 5.20. The van der Waals surface area contributed by atoms with Gasteiger partial charge in [0.25, 0.3) is 11.8 Å². The number of carbonyl (C=O) groups is 3. The van der Waals surface area contributed by atoms with E-state index < -0.39 is 23.9 Å². The third-order valence-electron chi connectivity index (χ3n) is 4.54. The average Bonchev–Trinajstić information content (AvgIpc) is 2.72. The quantitative estimate of drug-likeness (QED) is 0.431. The standard InChI is InChI=1S/C22H20N2O5S/c1-3-14-4-8-16(9-5-14)24-20(26)18(19(25)23-22(24)30)12-15-6-10-17(11-7-15)29-13(2)21(27)28/h4-13H,3H2,1-2H3,(H,27,28)(H,23,25,30)/p-1/b18-12+/t13-/m1/s1. The molecule has 1 aliphatic rings. The van der Waals surface area contributed by atoms with Crippen LogP contribution in [-0.2, 0) is 20.8 Å². The van der Waals surface area contributed by atoms with Gasteiger partial charge in [0.2, 0.25) is 0 Å². The highest BCUT2D eigenvalue weighted by Gasteiger charge is 2.34. The van der Waals surface area contributed by atoms with Gasteiger partial charge in [-0.15, -0.1) is 0 Å². The zero-order valence-electron chi connectivity index (χ0n) is 16.4. The van der Waals surface area contributed by atoms with Gasteiger partial charge < -0.3 is 14.6 Å². The number of amides is 2. The number of hydrogen-bond acceptors (Lipinski definition) is 6. The van der Waals surface area contributed by atoms with Crippen LogP contribution in [0.3, 0.4) is 0 Å². The third kappa shape index (κ3) is 4.55. The summed E-state index contributed by atoms with van der Waals surface area (Å²) in [5, 5.41) is 13.3. The van der Waals surface area contributed by atoms with E-state index in [4.69, 9.17) is 17.0 Å². The Morgan fingerprint density at radius 1 is 1.17 bits per heavy atom. The van der Waals surface area contributed by atoms with Crippen LogP contribution in [0.5, 0.6) is 5.75 Å². The zero-order valence-corrected chi connectivity index (χ0v) is 17.2. The van der Waals surface area contributed by atoms with Crippen molar-refractivity contribution >= 4 is 46.9 Å². The second-order valence-corrected chi connectivity index (χ2v) is 7.01. The molecule has 2 amide bonds. The minimum Gasteiger partial charge on any atom is -0.546 e. The molecule has 0 radical (unpaired) electrons. The van der Waals surface area contributed by atoms with Gasteiger partial charge in [-0.1, -0.05) is 31.2 Å². The predicted molar refractivity (Wildman–Crippen MR) is 114 cm³/mol. The van der Waals surface area contributed by atoms with Gasteiger partial charge in [-0.2, -0.15) is 0 Å². The summed E-state index contributed by atoms with van der Waals surface area (Å²) < 4.78 is 5.22. The molecule has 3 rings (SSSR count). The summed E-state index contributed by atoms with van der Waals surface area (Å²) in [6, 6.07) is 13.7. The van der Waals surface area contributed by atoms with Gasteiger partial charge in [-0.3, -0.25) is 19.8 Å². The molecule has 0 spiro atoms. The molecular formula is C22H19N2O5S-. The van der Waals surface area contributed by atoms with Gasteiger partial charge >= 0.3 is 0 Å². The van der Waals surface area contributed by atoms with Gasteiger partial charge in [0.1, 0.15) is 17.4 Å². The molecule has 30 heavy (non-hydrogen) atoms. The van der Waals surface area contributed by atoms with Gasteiger partial charge in [0.15, 0.2) is 5.11 Å². The van der Waals surface area contributed by atoms with Crippen molar-refractivity contribution in [2.75, 3.05) is 4.90 Å². The number of nitrogens with zero attached hydrogens (tertiary/aromatic N) is 1. The van der Waals surface area contributed by atoms with Gasteiger partial charge in [0.05, 0.1) is 11.7 Å². The Hall–Kier alpha value is -3.52. The molecule has 0 aromatic heterocycles. The Morgan fingerprint density at radius 2 is 1.80 bits per heavy atom. The molecule has 1 atom stereocenters. The molecule has 1 fully saturated rings. The van der Waals surface area contributed by atoms with Gasteiger partial charge in [0, 0.05) is 0 Å². The number of ether oxygens (including phenoxy) is 1. The molecule has 2 aromatic carbocycles. The number of carbonyl (C=O) groups excluding carboxylic acids is 3. The minimum absolute atomic E-state index is 0.0198. The Balaban J connectivity index is 1.85. The van der Waals surface area contributed by atoms with Crippen LogP contribution in [0.4, 0.5) is 5.69 Å². The van der Waals surface area contributed by atoms with Crippen molar-refractivity contribution in [1.29, 1.82) is 0 Å². The maximum Gasteiger partial charge on any atom is 0.270 e. The van der Waals surface area contributed by atoms with E-state index in [2.05, 4.69) is 5.32 Å². The van der Waals surface area contributed by atoms with Crippen LogP contribution in [-0.4, -0.2) is 29.0 Å². The Kier molecular flexibility index (Phi) is 6.27. The number of anilines is 1. The van der Waals surface area contributed by atoms with E-state index in [1.54, 1.807) is 36.4 Å². The topological polar surface area (TPSA) is 98.8 Å². The lowest BCUT2D eigenvalue weighted by Gasteiger charge is -2.29. The number of aryl methyl sites for hydroxylation is 1. The highest BCUT2D eigenvalue weighted by Crippen LogP contribution is 2.23. The Morgan fingerprint density at radius 3 is 2.37 bits per heavy atom. The molecule has 7 nitrogen and oxygen atoms in total. The molecule has 1 aliphatic heterocycles. The van der Waals surface area contributed by atoms with Crippen molar-refractivity contribution in [3.8, 4) is 5.75 Å². The largest absolute Gasteiger partial charge is 0.546 e. The number of carboxylic acids is 1. The molecule has 8 heteroatoms. The van der Waals surface area contributed by atoms with Crippen LogP contribution >= 0.6 is 12.2 Å². The van der Waals surface area contributed by atoms with Gasteiger partial charge in [-0.05, 0) is 67.0 Å². The monoisotopic (exact) mass is 423 g/mol. The highest BCUT2D eigenvalue weighted by atomic mass is 32.1. The fraction of sp³-hybridized carbons (Fsp3) is 0.182. The molecule has 0 saturated carbocycles. The van der Waals surface area contributed by atoms with Crippen molar-refractivity contribution in [1.82, 2.24) is 5.32 Å². The number of carboxylic acid groups (broad SMARTS) is 1.